The number of likely N-dealkylation sites (tertiary alicyclic amines) is 1. The number of nitrogens with zero attached hydrogens (tertiary/aromatic N) is 1. The molecule has 0 aromatic carbocycles. The highest BCUT2D eigenvalue weighted by Crippen LogP contribution is 2.19. The summed E-state index contributed by atoms with van der Waals surface area (Å²) in [5.74, 6) is -18.6. The number of carbonyl (C=O) groups excluding carboxylic acids is 18. The third kappa shape index (κ3) is 46.9. The molecule has 52 nitrogen and oxygen atoms in total. The molecule has 0 aliphatic carbocycles. The molecule has 1 rings (SSSR count). The van der Waals surface area contributed by atoms with Gasteiger partial charge in [0.25, 0.3) is 5.91 Å². The minimum absolute atomic E-state index is 0.00652. The summed E-state index contributed by atoms with van der Waals surface area (Å²) in [6.45, 7) is 5.43. The van der Waals surface area contributed by atoms with Crippen molar-refractivity contribution in [2.45, 2.75) is 266 Å². The van der Waals surface area contributed by atoms with Crippen molar-refractivity contribution >= 4 is 112 Å². The lowest BCUT2D eigenvalue weighted by atomic mass is 10.0. The van der Waals surface area contributed by atoms with Crippen molar-refractivity contribution in [1.29, 1.82) is 0 Å². The third-order valence-corrected chi connectivity index (χ3v) is 19.9. The van der Waals surface area contributed by atoms with E-state index < -0.39 is 273 Å². The molecule has 17 atom stereocenters. The van der Waals surface area contributed by atoms with E-state index in [2.05, 4.69) is 107 Å². The van der Waals surface area contributed by atoms with E-state index in [1.807, 2.05) is 28.2 Å². The van der Waals surface area contributed by atoms with Crippen LogP contribution in [0.25, 0.3) is 0 Å². The van der Waals surface area contributed by atoms with Crippen LogP contribution in [0.3, 0.4) is 0 Å². The normalized spacial score (nSPS) is 16.3. The summed E-state index contributed by atoms with van der Waals surface area (Å²) < 4.78 is 0. The number of unbranched alkanes of at least 4 members (excludes halogenated alkanes) is 3. The third-order valence-electron chi connectivity index (χ3n) is 19.9. The first kappa shape index (κ1) is 115. The number of amides is 18. The molecule has 1 fully saturated rings. The van der Waals surface area contributed by atoms with Crippen molar-refractivity contribution < 1.29 is 138 Å². The first-order valence-corrected chi connectivity index (χ1v) is 42.9. The minimum Gasteiger partial charge on any atom is -0.480 e. The fourth-order valence-corrected chi connectivity index (χ4v) is 12.7. The van der Waals surface area contributed by atoms with E-state index in [1.165, 1.54) is 32.6 Å². The molecule has 0 radical (unpaired) electrons. The van der Waals surface area contributed by atoms with Gasteiger partial charge in [-0.1, -0.05) is 0 Å². The van der Waals surface area contributed by atoms with Gasteiger partial charge in [0.15, 0.2) is 6.04 Å². The lowest BCUT2D eigenvalue weighted by molar-refractivity contribution is -0.858. The van der Waals surface area contributed by atoms with Crippen LogP contribution in [0.2, 0.25) is 0 Å². The monoisotopic (exact) mass is 1840 g/mol. The zero-order valence-corrected chi connectivity index (χ0v) is 75.0. The smallest absolute Gasteiger partial charge is 0.322 e. The topological polar surface area (TPSA) is 840 Å². The average Bonchev–Trinajstić information content (AvgIpc) is 1.50. The summed E-state index contributed by atoms with van der Waals surface area (Å²) in [5.41, 5.74) is 35.5. The van der Waals surface area contributed by atoms with E-state index in [-0.39, 0.29) is 83.8 Å². The summed E-state index contributed by atoms with van der Waals surface area (Å²) >= 11 is 0. The summed E-state index contributed by atoms with van der Waals surface area (Å²) in [5, 5.41) is 95.7. The number of hydrogen-bond donors (Lipinski definition) is 32. The predicted molar refractivity (Wildman–Crippen MR) is 455 cm³/mol. The molecule has 18 amide bonds. The zero-order chi connectivity index (χ0) is 97.2. The Bertz CT molecular complexity index is 3620. The average molecular weight is 1840 g/mol. The molecule has 0 spiro atoms. The maximum absolute atomic E-state index is 14.5. The van der Waals surface area contributed by atoms with Gasteiger partial charge in [0.1, 0.15) is 97.7 Å². The van der Waals surface area contributed by atoms with Gasteiger partial charge in [-0.25, -0.2) is 0 Å². The molecule has 0 aromatic rings. The number of aliphatic carboxylic acids is 1. The number of aliphatic hydroxyl groups is 4. The van der Waals surface area contributed by atoms with E-state index >= 15 is 0 Å². The Kier molecular flexibility index (Phi) is 55.7. The number of carbonyl (C=O) groups is 19. The van der Waals surface area contributed by atoms with Gasteiger partial charge in [-0.3, -0.25) is 102 Å². The van der Waals surface area contributed by atoms with Crippen LogP contribution in [-0.2, 0) is 91.1 Å². The minimum atomic E-state index is -1.93. The zero-order valence-electron chi connectivity index (χ0n) is 75.0. The fourth-order valence-electron chi connectivity index (χ4n) is 12.7. The van der Waals surface area contributed by atoms with Gasteiger partial charge in [0.05, 0.1) is 92.4 Å². The number of quaternary nitrogens is 4. The molecule has 1 saturated heterocycles. The SMILES string of the molecule is C[C@H]([NH3+])C(=O)N[C@@H](CCCNC(N)N)C(=O)N[C@H](C(=O)N[C@@H](CCCC[NH+](C)C)C(=O)N[C@@H](CCC(N)=O)C(=O)N[C@H](C(=O)N[C@@H](C)C(=O)N[C@@H](CCCNC(N)N)C(=O)N[C@@H](CCCC[NH+](C)C)C(=O)N[C@@H](CO)C(=O)N[C@H](C(=O)NCC(=O)NCC(=O)N[C@@H](CCCC[NH3+])C(=O)N[C@@H](C)C(=O)N1CCC[C@H]1C(=O)NCC(=O)NCC(=O)O)[C@@H](C)O)[C@@H](C)O)[C@@H](C)O. The molecule has 730 valence electrons. The van der Waals surface area contributed by atoms with Crippen LogP contribution in [0.1, 0.15) is 151 Å². The Labute approximate surface area is 743 Å². The summed E-state index contributed by atoms with van der Waals surface area (Å²) in [7, 11) is 7.47. The number of nitrogens with two attached hydrogens (primary N) is 5. The number of nitrogens with one attached hydrogen (secondary N) is 20. The maximum atomic E-state index is 14.5. The number of primary amides is 1. The van der Waals surface area contributed by atoms with E-state index in [9.17, 15) is 112 Å². The molecule has 0 bridgehead atoms. The fraction of sp³-hybridized carbons (Fsp3) is 0.750. The quantitative estimate of drug-likeness (QED) is 0.0199. The van der Waals surface area contributed by atoms with E-state index in [0.717, 1.165) is 23.6 Å². The van der Waals surface area contributed by atoms with Crippen LogP contribution in [0, 0.1) is 0 Å². The highest BCUT2D eigenvalue weighted by molar-refractivity contribution is 6.01. The van der Waals surface area contributed by atoms with Gasteiger partial charge in [-0.15, -0.1) is 0 Å². The molecule has 0 saturated carbocycles. The Morgan fingerprint density at radius 3 is 1.20 bits per heavy atom. The first-order valence-electron chi connectivity index (χ1n) is 42.9. The van der Waals surface area contributed by atoms with Crippen molar-refractivity contribution in [1.82, 2.24) is 101 Å². The standard InChI is InChI=1S/C76H142N28O24/c1-39(78)61(115)93-49(24-18-30-85-76(82)83)67(121)101-60(44(6)108)73(127)97-47(22-13-16-32-103(9)10)64(118)96-50(26-27-53(79)109)68(122)100-59(43(5)107)72(126)90-40(2)62(116)94-48(23-17-29-84-75(80)81)65(119)95-46(21-12-15-31-102(7)8)66(120)98-51(38-105)69(123)99-58(42(4)106)71(125)89-35-54(110)86-36-56(112)92-45(20-11-14-28-77)63(117)91-41(3)74(128)104-33-19-25-52(104)70(124)88-34-55(111)87-37-57(113)114/h39-52,58-60,75-76,84-85,105-108H,11-38,77-78,80-83H2,1-10H3,(H2,79,109)(H,86,110)(H,87,111)(H,88,124)(H,89,125)(H,90,126)(H,91,117)(H,92,112)(H,93,115)(H,94,116)(H,95,119)(H,96,118)(H,97,127)(H,98,120)(H,99,123)(H,100,122)(H,101,121)(H,113,114)/p+4/t39-,40-,41-,42+,43+,44+,45-,46-,47-,48-,49-,50-,51-,52-,58-,59-,60-/m0/s1. The Morgan fingerprint density at radius 1 is 0.406 bits per heavy atom. The van der Waals surface area contributed by atoms with Gasteiger partial charge in [-0.05, 0) is 157 Å². The molecule has 1 heterocycles. The Hall–Kier alpha value is -10.6. The van der Waals surface area contributed by atoms with Crippen molar-refractivity contribution in [3.63, 3.8) is 0 Å². The number of hydrogen-bond acceptors (Lipinski definition) is 29. The summed E-state index contributed by atoms with van der Waals surface area (Å²) in [4.78, 5) is 259. The van der Waals surface area contributed by atoms with Crippen molar-refractivity contribution in [2.24, 2.45) is 28.7 Å². The Morgan fingerprint density at radius 2 is 0.766 bits per heavy atom. The van der Waals surface area contributed by atoms with Crippen LogP contribution in [0.5, 0.6) is 0 Å². The van der Waals surface area contributed by atoms with Crippen molar-refractivity contribution in [3.8, 4) is 0 Å². The second-order valence-corrected chi connectivity index (χ2v) is 32.3. The lowest BCUT2D eigenvalue weighted by Crippen LogP contribution is -3.05. The summed E-state index contributed by atoms with van der Waals surface area (Å²) in [6, 6.07) is -21.0. The maximum Gasteiger partial charge on any atom is 0.322 e. The second kappa shape index (κ2) is 61.8. The van der Waals surface area contributed by atoms with Gasteiger partial charge in [0, 0.05) is 13.0 Å². The first-order chi connectivity index (χ1) is 60.0. The van der Waals surface area contributed by atoms with Gasteiger partial charge >= 0.3 is 5.97 Å². The molecule has 1 aliphatic rings. The largest absolute Gasteiger partial charge is 0.480 e. The molecular weight excluding hydrogens is 1690 g/mol. The van der Waals surface area contributed by atoms with Crippen molar-refractivity contribution in [3.05, 3.63) is 0 Å². The van der Waals surface area contributed by atoms with Crippen LogP contribution in [0.4, 0.5) is 0 Å². The van der Waals surface area contributed by atoms with E-state index in [1.54, 1.807) is 0 Å². The highest BCUT2D eigenvalue weighted by Gasteiger charge is 2.41. The lowest BCUT2D eigenvalue weighted by Gasteiger charge is -2.29. The summed E-state index contributed by atoms with van der Waals surface area (Å²) in [6.07, 6.45) is -5.06. The molecule has 0 aromatic heterocycles. The number of carboxylic acid groups (broad SMARTS) is 1. The second-order valence-electron chi connectivity index (χ2n) is 32.3. The molecule has 52 heteroatoms. The molecular formula is C76H146N28O24+4. The van der Waals surface area contributed by atoms with Gasteiger partial charge in [-0.2, -0.15) is 0 Å². The van der Waals surface area contributed by atoms with Crippen LogP contribution in [0.15, 0.2) is 0 Å². The van der Waals surface area contributed by atoms with Crippen LogP contribution >= 0.6 is 0 Å². The molecule has 128 heavy (non-hydrogen) atoms. The van der Waals surface area contributed by atoms with Crippen molar-refractivity contribution in [2.75, 3.05) is 100 Å². The molecule has 0 unspecified atom stereocenters. The van der Waals surface area contributed by atoms with Crippen LogP contribution in [-0.4, -0.2) is 358 Å². The predicted octanol–water partition coefficient (Wildman–Crippen LogP) is -19.4. The number of aliphatic hydroxyl groups excluding tert-OH is 4. The molecule has 1 aliphatic heterocycles. The number of rotatable bonds is 65. The Balaban J connectivity index is 3.44. The highest BCUT2D eigenvalue weighted by atomic mass is 16.4. The van der Waals surface area contributed by atoms with Crippen LogP contribution < -0.4 is 146 Å². The van der Waals surface area contributed by atoms with Gasteiger partial charge < -0.3 is 165 Å². The van der Waals surface area contributed by atoms with E-state index in [0.29, 0.717) is 51.7 Å². The van der Waals surface area contributed by atoms with Gasteiger partial charge in [0.2, 0.25) is 100 Å². The number of carboxylic acids is 1. The molecule has 41 N–H and O–H groups in total. The van der Waals surface area contributed by atoms with E-state index in [4.69, 9.17) is 33.8 Å².